The van der Waals surface area contributed by atoms with E-state index in [0.717, 1.165) is 36.4 Å². The summed E-state index contributed by atoms with van der Waals surface area (Å²) in [6.07, 6.45) is 4.12. The lowest BCUT2D eigenvalue weighted by Gasteiger charge is -2.42. The zero-order chi connectivity index (χ0) is 21.8. The SMILES string of the molecule is CN1CCN(c2cccc(-c3ccncc3)c2)C(Cc2ccc(C(=O)NN)cc2F)C1. The average Bonchev–Trinajstić information content (AvgIpc) is 2.80. The van der Waals surface area contributed by atoms with Gasteiger partial charge in [0.15, 0.2) is 0 Å². The number of nitrogens with one attached hydrogen (secondary N) is 1. The molecule has 0 saturated carbocycles. The molecule has 31 heavy (non-hydrogen) atoms. The number of hydrogen-bond acceptors (Lipinski definition) is 5. The molecule has 1 aliphatic heterocycles. The number of likely N-dealkylation sites (N-methyl/N-ethyl adjacent to an activating group) is 1. The molecule has 160 valence electrons. The van der Waals surface area contributed by atoms with Gasteiger partial charge in [-0.1, -0.05) is 18.2 Å². The first-order valence-electron chi connectivity index (χ1n) is 10.3. The molecule has 3 N–H and O–H groups in total. The molecule has 0 spiro atoms. The summed E-state index contributed by atoms with van der Waals surface area (Å²) in [6, 6.07) is 17.1. The number of nitrogens with two attached hydrogens (primary N) is 1. The summed E-state index contributed by atoms with van der Waals surface area (Å²) in [4.78, 5) is 20.4. The van der Waals surface area contributed by atoms with E-state index in [1.165, 1.54) is 6.07 Å². The van der Waals surface area contributed by atoms with Crippen molar-refractivity contribution in [3.63, 3.8) is 0 Å². The summed E-state index contributed by atoms with van der Waals surface area (Å²) in [7, 11) is 2.09. The van der Waals surface area contributed by atoms with E-state index in [9.17, 15) is 9.18 Å². The van der Waals surface area contributed by atoms with Crippen LogP contribution in [0.1, 0.15) is 15.9 Å². The number of amides is 1. The Labute approximate surface area is 181 Å². The van der Waals surface area contributed by atoms with Gasteiger partial charge in [-0.25, -0.2) is 10.2 Å². The van der Waals surface area contributed by atoms with Gasteiger partial charge in [-0.15, -0.1) is 0 Å². The molecule has 2 heterocycles. The maximum atomic E-state index is 14.8. The molecular weight excluding hydrogens is 393 g/mol. The maximum absolute atomic E-state index is 14.8. The molecule has 1 aliphatic rings. The molecule has 1 amide bonds. The fourth-order valence-corrected chi connectivity index (χ4v) is 4.13. The number of anilines is 1. The van der Waals surface area contributed by atoms with Gasteiger partial charge >= 0.3 is 0 Å². The third kappa shape index (κ3) is 4.73. The Morgan fingerprint density at radius 1 is 1.13 bits per heavy atom. The van der Waals surface area contributed by atoms with Crippen molar-refractivity contribution in [1.29, 1.82) is 0 Å². The molecule has 4 rings (SSSR count). The third-order valence-corrected chi connectivity index (χ3v) is 5.78. The van der Waals surface area contributed by atoms with Crippen molar-refractivity contribution >= 4 is 11.6 Å². The van der Waals surface area contributed by atoms with Gasteiger partial charge in [0.2, 0.25) is 0 Å². The number of hydrogen-bond donors (Lipinski definition) is 2. The second-order valence-corrected chi connectivity index (χ2v) is 7.88. The first-order chi connectivity index (χ1) is 15.0. The van der Waals surface area contributed by atoms with Crippen LogP contribution < -0.4 is 16.2 Å². The highest BCUT2D eigenvalue weighted by Crippen LogP contribution is 2.28. The number of rotatable bonds is 5. The van der Waals surface area contributed by atoms with E-state index >= 15 is 0 Å². The first-order valence-corrected chi connectivity index (χ1v) is 10.3. The molecule has 0 bridgehead atoms. The third-order valence-electron chi connectivity index (χ3n) is 5.78. The minimum Gasteiger partial charge on any atom is -0.366 e. The number of benzene rings is 2. The van der Waals surface area contributed by atoms with Crippen molar-refractivity contribution in [1.82, 2.24) is 15.3 Å². The maximum Gasteiger partial charge on any atom is 0.265 e. The van der Waals surface area contributed by atoms with E-state index in [4.69, 9.17) is 5.84 Å². The molecule has 1 saturated heterocycles. The summed E-state index contributed by atoms with van der Waals surface area (Å²) in [5, 5.41) is 0. The minimum atomic E-state index is -0.502. The molecular formula is C24H26FN5O. The van der Waals surface area contributed by atoms with Crippen molar-refractivity contribution < 1.29 is 9.18 Å². The topological polar surface area (TPSA) is 74.5 Å². The number of piperazine rings is 1. The molecule has 1 atom stereocenters. The average molecular weight is 420 g/mol. The van der Waals surface area contributed by atoms with E-state index in [-0.39, 0.29) is 17.4 Å². The van der Waals surface area contributed by atoms with Gasteiger partial charge in [-0.2, -0.15) is 0 Å². The van der Waals surface area contributed by atoms with E-state index in [0.29, 0.717) is 12.0 Å². The number of carbonyl (C=O) groups excluding carboxylic acids is 1. The largest absolute Gasteiger partial charge is 0.366 e. The van der Waals surface area contributed by atoms with Crippen LogP contribution in [0.2, 0.25) is 0 Å². The van der Waals surface area contributed by atoms with E-state index in [1.54, 1.807) is 24.5 Å². The van der Waals surface area contributed by atoms with Gasteiger partial charge in [0.05, 0.1) is 0 Å². The van der Waals surface area contributed by atoms with Crippen LogP contribution in [-0.2, 0) is 6.42 Å². The fourth-order valence-electron chi connectivity index (χ4n) is 4.13. The van der Waals surface area contributed by atoms with Gasteiger partial charge in [0.1, 0.15) is 5.82 Å². The molecule has 1 aromatic heterocycles. The number of aromatic nitrogens is 1. The summed E-state index contributed by atoms with van der Waals surface area (Å²) in [5.41, 5.74) is 6.20. The molecule has 6 nitrogen and oxygen atoms in total. The Balaban J connectivity index is 1.60. The Morgan fingerprint density at radius 2 is 1.94 bits per heavy atom. The summed E-state index contributed by atoms with van der Waals surface area (Å²) >= 11 is 0. The van der Waals surface area contributed by atoms with E-state index in [2.05, 4.69) is 46.1 Å². The van der Waals surface area contributed by atoms with E-state index in [1.807, 2.05) is 17.6 Å². The van der Waals surface area contributed by atoms with Crippen molar-refractivity contribution in [2.24, 2.45) is 5.84 Å². The first kappa shape index (κ1) is 21.0. The number of nitrogens with zero attached hydrogens (tertiary/aromatic N) is 3. The number of hydrazine groups is 1. The van der Waals surface area contributed by atoms with Crippen molar-refractivity contribution in [3.05, 3.63) is 83.9 Å². The Bertz CT molecular complexity index is 1060. The smallest absolute Gasteiger partial charge is 0.265 e. The van der Waals surface area contributed by atoms with Crippen molar-refractivity contribution in [2.75, 3.05) is 31.6 Å². The molecule has 1 fully saturated rings. The highest BCUT2D eigenvalue weighted by Gasteiger charge is 2.27. The van der Waals surface area contributed by atoms with Gasteiger partial charge in [0, 0.05) is 49.3 Å². The van der Waals surface area contributed by atoms with Crippen LogP contribution in [-0.4, -0.2) is 48.5 Å². The van der Waals surface area contributed by atoms with E-state index < -0.39 is 5.91 Å². The molecule has 3 aromatic rings. The van der Waals surface area contributed by atoms with Gasteiger partial charge < -0.3 is 9.80 Å². The monoisotopic (exact) mass is 419 g/mol. The molecule has 0 radical (unpaired) electrons. The highest BCUT2D eigenvalue weighted by atomic mass is 19.1. The quantitative estimate of drug-likeness (QED) is 0.378. The van der Waals surface area contributed by atoms with Crippen LogP contribution in [0.5, 0.6) is 0 Å². The van der Waals surface area contributed by atoms with Crippen LogP contribution in [0.25, 0.3) is 11.1 Å². The molecule has 0 aliphatic carbocycles. The normalized spacial score (nSPS) is 16.9. The predicted molar refractivity (Wildman–Crippen MR) is 120 cm³/mol. The number of nitrogen functional groups attached to an aromatic ring is 1. The Morgan fingerprint density at radius 3 is 2.68 bits per heavy atom. The van der Waals surface area contributed by atoms with Gasteiger partial charge in [-0.3, -0.25) is 15.2 Å². The minimum absolute atomic E-state index is 0.107. The van der Waals surface area contributed by atoms with Crippen molar-refractivity contribution in [2.45, 2.75) is 12.5 Å². The lowest BCUT2D eigenvalue weighted by molar-refractivity contribution is 0.0953. The zero-order valence-corrected chi connectivity index (χ0v) is 17.5. The number of carbonyl (C=O) groups is 1. The second-order valence-electron chi connectivity index (χ2n) is 7.88. The number of pyridine rings is 1. The van der Waals surface area contributed by atoms with Crippen LogP contribution in [0, 0.1) is 5.82 Å². The van der Waals surface area contributed by atoms with Crippen LogP contribution in [0.3, 0.4) is 0 Å². The molecule has 2 aromatic carbocycles. The standard InChI is InChI=1S/C24H26FN5O/c1-29-11-12-30(21-4-2-3-18(13-21)17-7-9-27-10-8-17)22(16-29)14-19-5-6-20(15-23(19)25)24(31)28-26/h2-10,13,15,22H,11-12,14,16,26H2,1H3,(H,28,31). The van der Waals surface area contributed by atoms with Crippen LogP contribution in [0.4, 0.5) is 10.1 Å². The second kappa shape index (κ2) is 9.24. The highest BCUT2D eigenvalue weighted by molar-refractivity contribution is 5.93. The van der Waals surface area contributed by atoms with Gasteiger partial charge in [0.25, 0.3) is 5.91 Å². The molecule has 1 unspecified atom stereocenters. The van der Waals surface area contributed by atoms with Gasteiger partial charge in [-0.05, 0) is 66.6 Å². The fraction of sp³-hybridized carbons (Fsp3) is 0.250. The van der Waals surface area contributed by atoms with Crippen molar-refractivity contribution in [3.8, 4) is 11.1 Å². The number of halogens is 1. The summed E-state index contributed by atoms with van der Waals surface area (Å²) in [5.74, 6) is 4.26. The lowest BCUT2D eigenvalue weighted by atomic mass is 9.98. The van der Waals surface area contributed by atoms with Crippen LogP contribution in [0.15, 0.2) is 67.0 Å². The molecule has 7 heteroatoms. The lowest BCUT2D eigenvalue weighted by Crippen LogP contribution is -2.53. The predicted octanol–water partition coefficient (Wildman–Crippen LogP) is 2.85. The summed E-state index contributed by atoms with van der Waals surface area (Å²) < 4.78 is 14.8. The Hall–Kier alpha value is -3.29. The summed E-state index contributed by atoms with van der Waals surface area (Å²) in [6.45, 7) is 2.62. The zero-order valence-electron chi connectivity index (χ0n) is 17.5. The Kier molecular flexibility index (Phi) is 6.25. The van der Waals surface area contributed by atoms with Crippen LogP contribution >= 0.6 is 0 Å².